The molecule has 1 aromatic heterocycles. The van der Waals surface area contributed by atoms with Crippen LogP contribution in [0, 0.1) is 0 Å². The largest absolute Gasteiger partial charge is 0.395 e. The van der Waals surface area contributed by atoms with Crippen LogP contribution in [-0.2, 0) is 18.5 Å². The third-order valence-electron chi connectivity index (χ3n) is 3.50. The van der Waals surface area contributed by atoms with Gasteiger partial charge in [-0.2, -0.15) is 0 Å². The number of nitrogens with two attached hydrogens (primary N) is 1. The highest BCUT2D eigenvalue weighted by atomic mass is 16.3. The van der Waals surface area contributed by atoms with E-state index in [-0.39, 0.29) is 12.0 Å². The van der Waals surface area contributed by atoms with E-state index in [0.717, 1.165) is 35.4 Å². The van der Waals surface area contributed by atoms with Crippen molar-refractivity contribution in [3.05, 3.63) is 29.6 Å². The van der Waals surface area contributed by atoms with Crippen molar-refractivity contribution >= 4 is 11.0 Å². The van der Waals surface area contributed by atoms with E-state index in [1.54, 1.807) is 0 Å². The Balaban J connectivity index is 2.65. The second kappa shape index (κ2) is 5.31. The third-order valence-corrected chi connectivity index (χ3v) is 3.50. The fraction of sp³-hybridized carbons (Fsp3) is 0.533. The number of aryl methyl sites for hydroxylation is 1. The molecule has 2 aromatic rings. The lowest BCUT2D eigenvalue weighted by atomic mass is 9.93. The summed E-state index contributed by atoms with van der Waals surface area (Å²) < 4.78 is 2.21. The Morgan fingerprint density at radius 1 is 1.37 bits per heavy atom. The maximum absolute atomic E-state index is 9.59. The van der Waals surface area contributed by atoms with E-state index in [0.29, 0.717) is 6.54 Å². The maximum atomic E-state index is 9.59. The highest BCUT2D eigenvalue weighted by Gasteiger charge is 2.26. The number of hydrogen-bond donors (Lipinski definition) is 2. The second-order valence-electron chi connectivity index (χ2n) is 5.66. The van der Waals surface area contributed by atoms with E-state index in [1.807, 2.05) is 26.0 Å². The molecule has 0 aliphatic rings. The topological polar surface area (TPSA) is 64.1 Å². The van der Waals surface area contributed by atoms with Gasteiger partial charge in [0.05, 0.1) is 17.6 Å². The standard InChI is InChI=1S/C15H23N3O/c1-4-7-18-13-6-5-11(9-16)8-12(13)17-14(18)15(2,3)10-19/h5-6,8,19H,4,7,9-10,16H2,1-3H3. The minimum absolute atomic E-state index is 0.0871. The van der Waals surface area contributed by atoms with E-state index < -0.39 is 0 Å². The Labute approximate surface area is 114 Å². The summed E-state index contributed by atoms with van der Waals surface area (Å²) in [6.45, 7) is 7.71. The fourth-order valence-corrected chi connectivity index (χ4v) is 2.34. The smallest absolute Gasteiger partial charge is 0.117 e. The zero-order valence-electron chi connectivity index (χ0n) is 12.0. The van der Waals surface area contributed by atoms with Gasteiger partial charge in [0.25, 0.3) is 0 Å². The van der Waals surface area contributed by atoms with Crippen molar-refractivity contribution in [3.63, 3.8) is 0 Å². The highest BCUT2D eigenvalue weighted by molar-refractivity contribution is 5.77. The summed E-state index contributed by atoms with van der Waals surface area (Å²) in [6.07, 6.45) is 1.04. The first kappa shape index (κ1) is 14.0. The predicted molar refractivity (Wildman–Crippen MR) is 78.0 cm³/mol. The van der Waals surface area contributed by atoms with Crippen LogP contribution in [0.1, 0.15) is 38.6 Å². The van der Waals surface area contributed by atoms with E-state index in [1.165, 1.54) is 0 Å². The van der Waals surface area contributed by atoms with Crippen LogP contribution in [0.4, 0.5) is 0 Å². The molecule has 104 valence electrons. The van der Waals surface area contributed by atoms with Gasteiger partial charge in [0, 0.05) is 18.5 Å². The van der Waals surface area contributed by atoms with Gasteiger partial charge in [0.15, 0.2) is 0 Å². The van der Waals surface area contributed by atoms with E-state index >= 15 is 0 Å². The first-order chi connectivity index (χ1) is 9.03. The van der Waals surface area contributed by atoms with Crippen LogP contribution in [0.3, 0.4) is 0 Å². The molecular weight excluding hydrogens is 238 g/mol. The molecule has 0 atom stereocenters. The lowest BCUT2D eigenvalue weighted by molar-refractivity contribution is 0.208. The zero-order valence-corrected chi connectivity index (χ0v) is 12.0. The monoisotopic (exact) mass is 261 g/mol. The normalized spacial score (nSPS) is 12.3. The molecule has 0 saturated heterocycles. The van der Waals surface area contributed by atoms with Crippen molar-refractivity contribution in [2.75, 3.05) is 6.61 Å². The van der Waals surface area contributed by atoms with E-state index in [2.05, 4.69) is 17.6 Å². The van der Waals surface area contributed by atoms with Gasteiger partial charge in [-0.1, -0.05) is 26.8 Å². The summed E-state index contributed by atoms with van der Waals surface area (Å²) in [5, 5.41) is 9.59. The highest BCUT2D eigenvalue weighted by Crippen LogP contribution is 2.27. The van der Waals surface area contributed by atoms with Gasteiger partial charge < -0.3 is 15.4 Å². The molecule has 4 heteroatoms. The van der Waals surface area contributed by atoms with Crippen molar-refractivity contribution in [1.82, 2.24) is 9.55 Å². The van der Waals surface area contributed by atoms with Crippen molar-refractivity contribution in [3.8, 4) is 0 Å². The first-order valence-electron chi connectivity index (χ1n) is 6.84. The van der Waals surface area contributed by atoms with E-state index in [9.17, 15) is 5.11 Å². The van der Waals surface area contributed by atoms with Crippen molar-refractivity contribution in [2.45, 2.75) is 45.7 Å². The summed E-state index contributed by atoms with van der Waals surface area (Å²) in [7, 11) is 0. The van der Waals surface area contributed by atoms with Crippen LogP contribution in [-0.4, -0.2) is 21.3 Å². The van der Waals surface area contributed by atoms with Crippen LogP contribution >= 0.6 is 0 Å². The molecule has 0 aliphatic heterocycles. The Hall–Kier alpha value is -1.39. The first-order valence-corrected chi connectivity index (χ1v) is 6.84. The van der Waals surface area contributed by atoms with Crippen LogP contribution in [0.25, 0.3) is 11.0 Å². The number of rotatable bonds is 5. The van der Waals surface area contributed by atoms with Crippen LogP contribution < -0.4 is 5.73 Å². The second-order valence-corrected chi connectivity index (χ2v) is 5.66. The van der Waals surface area contributed by atoms with Crippen molar-refractivity contribution in [2.24, 2.45) is 5.73 Å². The third kappa shape index (κ3) is 2.51. The van der Waals surface area contributed by atoms with Gasteiger partial charge in [0.2, 0.25) is 0 Å². The van der Waals surface area contributed by atoms with Gasteiger partial charge in [-0.25, -0.2) is 4.98 Å². The zero-order chi connectivity index (χ0) is 14.0. The number of imidazole rings is 1. The maximum Gasteiger partial charge on any atom is 0.117 e. The number of aliphatic hydroxyl groups is 1. The number of aromatic nitrogens is 2. The Kier molecular flexibility index (Phi) is 3.92. The summed E-state index contributed by atoms with van der Waals surface area (Å²) in [6, 6.07) is 6.17. The average molecular weight is 261 g/mol. The van der Waals surface area contributed by atoms with Gasteiger partial charge in [-0.15, -0.1) is 0 Å². The molecule has 0 unspecified atom stereocenters. The van der Waals surface area contributed by atoms with Crippen LogP contribution in [0.15, 0.2) is 18.2 Å². The summed E-state index contributed by atoms with van der Waals surface area (Å²) in [4.78, 5) is 4.73. The Morgan fingerprint density at radius 3 is 2.68 bits per heavy atom. The molecule has 0 bridgehead atoms. The molecule has 0 amide bonds. The lowest BCUT2D eigenvalue weighted by Crippen LogP contribution is -2.27. The van der Waals surface area contributed by atoms with Crippen LogP contribution in [0.2, 0.25) is 0 Å². The quantitative estimate of drug-likeness (QED) is 0.867. The lowest BCUT2D eigenvalue weighted by Gasteiger charge is -2.22. The fourth-order valence-electron chi connectivity index (χ4n) is 2.34. The van der Waals surface area contributed by atoms with Crippen LogP contribution in [0.5, 0.6) is 0 Å². The molecule has 1 heterocycles. The molecule has 0 saturated carbocycles. The molecular formula is C15H23N3O. The number of nitrogens with zero attached hydrogens (tertiary/aromatic N) is 2. The minimum Gasteiger partial charge on any atom is -0.395 e. The Bertz CT molecular complexity index is 572. The van der Waals surface area contributed by atoms with Gasteiger partial charge in [-0.05, 0) is 24.1 Å². The van der Waals surface area contributed by atoms with Gasteiger partial charge >= 0.3 is 0 Å². The van der Waals surface area contributed by atoms with E-state index in [4.69, 9.17) is 10.7 Å². The van der Waals surface area contributed by atoms with Gasteiger partial charge in [0.1, 0.15) is 5.82 Å². The molecule has 2 rings (SSSR count). The average Bonchev–Trinajstić information content (AvgIpc) is 2.78. The molecule has 0 fully saturated rings. The van der Waals surface area contributed by atoms with Crippen molar-refractivity contribution < 1.29 is 5.11 Å². The molecule has 4 nitrogen and oxygen atoms in total. The number of benzene rings is 1. The number of hydrogen-bond acceptors (Lipinski definition) is 3. The summed E-state index contributed by atoms with van der Waals surface area (Å²) in [5.41, 5.74) is 8.52. The van der Waals surface area contributed by atoms with Crippen molar-refractivity contribution in [1.29, 1.82) is 0 Å². The number of fused-ring (bicyclic) bond motifs is 1. The predicted octanol–water partition coefficient (Wildman–Crippen LogP) is 2.17. The summed E-state index contributed by atoms with van der Waals surface area (Å²) >= 11 is 0. The molecule has 19 heavy (non-hydrogen) atoms. The Morgan fingerprint density at radius 2 is 2.11 bits per heavy atom. The number of aliphatic hydroxyl groups excluding tert-OH is 1. The molecule has 0 radical (unpaired) electrons. The molecule has 1 aromatic carbocycles. The molecule has 0 aliphatic carbocycles. The minimum atomic E-state index is -0.336. The molecule has 0 spiro atoms. The van der Waals surface area contributed by atoms with Gasteiger partial charge in [-0.3, -0.25) is 0 Å². The SMILES string of the molecule is CCCn1c(C(C)(C)CO)nc2cc(CN)ccc21. The molecule has 3 N–H and O–H groups in total. The summed E-state index contributed by atoms with van der Waals surface area (Å²) in [5.74, 6) is 0.945.